The van der Waals surface area contributed by atoms with E-state index in [1.54, 1.807) is 6.26 Å². The van der Waals surface area contributed by atoms with Crippen LogP contribution in [0.25, 0.3) is 33.0 Å². The Morgan fingerprint density at radius 2 is 1.98 bits per heavy atom. The highest BCUT2D eigenvalue weighted by Gasteiger charge is 2.49. The predicted molar refractivity (Wildman–Crippen MR) is 168 cm³/mol. The molecular formula is C35H40FN5O3. The molecule has 0 saturated carbocycles. The molecule has 2 N–H and O–H groups in total. The van der Waals surface area contributed by atoms with Crippen LogP contribution in [0, 0.1) is 0 Å². The van der Waals surface area contributed by atoms with Crippen LogP contribution in [-0.2, 0) is 6.42 Å². The number of phenols is 1. The van der Waals surface area contributed by atoms with E-state index in [0.717, 1.165) is 103 Å². The molecule has 0 radical (unpaired) electrons. The second-order valence-electron chi connectivity index (χ2n) is 13.9. The number of benzene rings is 2. The number of ether oxygens (including phenoxy) is 1. The minimum Gasteiger partial charge on any atom is -0.508 e. The number of phenolic OH excluding ortho intramolecular Hbond substituents is 1. The SMILES string of the molecule is CCC1CCc2cc(O)cc(-c3cc4nc(OC[C@@]56CCCN5C[C@H](F)C6)nc(N5C[C@H]6CC[C@@H](C5)N6)c4c4occc34)c21. The minimum atomic E-state index is -0.811. The molecule has 2 aromatic heterocycles. The molecule has 6 heterocycles. The van der Waals surface area contributed by atoms with Gasteiger partial charge in [-0.05, 0) is 104 Å². The summed E-state index contributed by atoms with van der Waals surface area (Å²) in [5, 5.41) is 16.4. The molecule has 4 aromatic rings. The van der Waals surface area contributed by atoms with Crippen molar-refractivity contribution in [1.82, 2.24) is 20.2 Å². The monoisotopic (exact) mass is 597 g/mol. The summed E-state index contributed by atoms with van der Waals surface area (Å²) in [7, 11) is 0. The van der Waals surface area contributed by atoms with Crippen LogP contribution in [0.5, 0.6) is 11.8 Å². The molecule has 2 bridgehead atoms. The van der Waals surface area contributed by atoms with Crippen molar-refractivity contribution in [2.45, 2.75) is 88.0 Å². The van der Waals surface area contributed by atoms with Crippen LogP contribution in [0.1, 0.15) is 68.9 Å². The van der Waals surface area contributed by atoms with E-state index < -0.39 is 6.17 Å². The van der Waals surface area contributed by atoms with E-state index in [9.17, 15) is 9.50 Å². The van der Waals surface area contributed by atoms with Gasteiger partial charge in [-0.1, -0.05) is 6.92 Å². The van der Waals surface area contributed by atoms with E-state index in [0.29, 0.717) is 49.3 Å². The van der Waals surface area contributed by atoms with Crippen molar-refractivity contribution in [1.29, 1.82) is 0 Å². The Hall–Kier alpha value is -3.43. The molecular weight excluding hydrogens is 557 g/mol. The van der Waals surface area contributed by atoms with Crippen molar-refractivity contribution >= 4 is 27.7 Å². The zero-order chi connectivity index (χ0) is 29.6. The number of anilines is 1. The number of aromatic nitrogens is 2. The van der Waals surface area contributed by atoms with E-state index in [-0.39, 0.29) is 5.54 Å². The lowest BCUT2D eigenvalue weighted by Gasteiger charge is -2.34. The van der Waals surface area contributed by atoms with Crippen LogP contribution in [0.15, 0.2) is 34.9 Å². The van der Waals surface area contributed by atoms with Crippen molar-refractivity contribution < 1.29 is 18.7 Å². The molecule has 1 unspecified atom stereocenters. The van der Waals surface area contributed by atoms with Crippen LogP contribution in [0.3, 0.4) is 0 Å². The van der Waals surface area contributed by atoms with Crippen LogP contribution in [0.4, 0.5) is 10.2 Å². The Labute approximate surface area is 256 Å². The zero-order valence-electron chi connectivity index (χ0n) is 25.3. The molecule has 8 nitrogen and oxygen atoms in total. The Morgan fingerprint density at radius 1 is 1.11 bits per heavy atom. The summed E-state index contributed by atoms with van der Waals surface area (Å²) in [5.41, 5.74) is 5.90. The number of nitrogens with one attached hydrogen (secondary N) is 1. The molecule has 230 valence electrons. The molecule has 2 aromatic carbocycles. The summed E-state index contributed by atoms with van der Waals surface area (Å²) < 4.78 is 27.3. The fourth-order valence-electron chi connectivity index (χ4n) is 9.32. The second-order valence-corrected chi connectivity index (χ2v) is 13.9. The van der Waals surface area contributed by atoms with Gasteiger partial charge >= 0.3 is 6.01 Å². The van der Waals surface area contributed by atoms with Gasteiger partial charge in [-0.15, -0.1) is 0 Å². The summed E-state index contributed by atoms with van der Waals surface area (Å²) in [6.45, 7) is 5.78. The van der Waals surface area contributed by atoms with E-state index in [1.807, 2.05) is 18.2 Å². The normalized spacial score (nSPS) is 29.6. The summed E-state index contributed by atoms with van der Waals surface area (Å²) in [4.78, 5) is 14.8. The average molecular weight is 598 g/mol. The molecule has 4 fully saturated rings. The molecule has 0 amide bonds. The molecule has 1 aliphatic carbocycles. The van der Waals surface area contributed by atoms with Crippen molar-refractivity contribution in [3.8, 4) is 22.9 Å². The predicted octanol–water partition coefficient (Wildman–Crippen LogP) is 6.08. The summed E-state index contributed by atoms with van der Waals surface area (Å²) in [6, 6.07) is 9.23. The number of hydrogen-bond acceptors (Lipinski definition) is 8. The lowest BCUT2D eigenvalue weighted by molar-refractivity contribution is 0.107. The van der Waals surface area contributed by atoms with Gasteiger partial charge < -0.3 is 24.5 Å². The van der Waals surface area contributed by atoms with Crippen molar-refractivity contribution in [2.75, 3.05) is 37.7 Å². The maximum Gasteiger partial charge on any atom is 0.319 e. The summed E-state index contributed by atoms with van der Waals surface area (Å²) >= 11 is 0. The maximum absolute atomic E-state index is 14.5. The number of nitrogens with zero attached hydrogens (tertiary/aromatic N) is 4. The van der Waals surface area contributed by atoms with E-state index >= 15 is 0 Å². The lowest BCUT2D eigenvalue weighted by Crippen LogP contribution is -2.51. The Balaban J connectivity index is 1.21. The van der Waals surface area contributed by atoms with E-state index in [4.69, 9.17) is 19.1 Å². The Morgan fingerprint density at radius 3 is 2.82 bits per heavy atom. The van der Waals surface area contributed by atoms with Gasteiger partial charge in [0.1, 0.15) is 29.9 Å². The summed E-state index contributed by atoms with van der Waals surface area (Å²) in [6.07, 6.45) is 8.91. The standard InChI is InChI=1S/C35H40FN5O3/c1-2-20-4-5-21-12-25(42)13-28(30(20)21)27-14-29-31(32-26(27)8-11-43-32)33(40-17-23-6-7-24(18-40)37-23)39-34(38-29)44-19-35-9-3-10-41(35)16-22(36)15-35/h8,11-14,20,22-24,37,42H,2-7,9-10,15-19H2,1H3/t20?,22-,23-,24+,35+/m1/s1. The fraction of sp³-hybridized carbons (Fsp3) is 0.543. The van der Waals surface area contributed by atoms with Crippen LogP contribution >= 0.6 is 0 Å². The first-order valence-electron chi connectivity index (χ1n) is 16.6. The highest BCUT2D eigenvalue weighted by molar-refractivity contribution is 6.14. The Bertz CT molecular complexity index is 1760. The zero-order valence-corrected chi connectivity index (χ0v) is 25.3. The Kier molecular flexibility index (Phi) is 6.14. The number of furan rings is 1. The van der Waals surface area contributed by atoms with Crippen LogP contribution in [-0.4, -0.2) is 76.6 Å². The molecule has 0 spiro atoms. The maximum atomic E-state index is 14.5. The first-order valence-corrected chi connectivity index (χ1v) is 16.6. The number of hydrogen-bond donors (Lipinski definition) is 2. The number of halogens is 1. The molecule has 4 saturated heterocycles. The summed E-state index contributed by atoms with van der Waals surface area (Å²) in [5.74, 6) is 1.59. The molecule has 4 aliphatic heterocycles. The number of piperazine rings is 1. The van der Waals surface area contributed by atoms with Crippen molar-refractivity contribution in [3.05, 3.63) is 41.7 Å². The van der Waals surface area contributed by atoms with Crippen LogP contribution in [0.2, 0.25) is 0 Å². The van der Waals surface area contributed by atoms with Gasteiger partial charge in [-0.25, -0.2) is 4.39 Å². The fourth-order valence-corrected chi connectivity index (χ4v) is 9.32. The van der Waals surface area contributed by atoms with E-state index in [2.05, 4.69) is 28.1 Å². The number of fused-ring (bicyclic) bond motifs is 7. The highest BCUT2D eigenvalue weighted by atomic mass is 19.1. The molecule has 9 rings (SSSR count). The van der Waals surface area contributed by atoms with Gasteiger partial charge in [0.05, 0.1) is 22.7 Å². The van der Waals surface area contributed by atoms with Gasteiger partial charge in [0.2, 0.25) is 0 Å². The van der Waals surface area contributed by atoms with Gasteiger partial charge in [-0.2, -0.15) is 9.97 Å². The third-order valence-electron chi connectivity index (χ3n) is 11.3. The third kappa shape index (κ3) is 4.15. The largest absolute Gasteiger partial charge is 0.508 e. The number of aryl methyl sites for hydroxylation is 1. The van der Waals surface area contributed by atoms with Gasteiger partial charge in [0.25, 0.3) is 0 Å². The van der Waals surface area contributed by atoms with Crippen molar-refractivity contribution in [3.63, 3.8) is 0 Å². The molecule has 5 atom stereocenters. The molecule has 44 heavy (non-hydrogen) atoms. The molecule has 9 heteroatoms. The second kappa shape index (κ2) is 10.0. The van der Waals surface area contributed by atoms with Gasteiger partial charge in [0, 0.05) is 43.5 Å². The third-order valence-corrected chi connectivity index (χ3v) is 11.3. The quantitative estimate of drug-likeness (QED) is 0.277. The number of rotatable bonds is 6. The van der Waals surface area contributed by atoms with Crippen LogP contribution < -0.4 is 15.0 Å². The van der Waals surface area contributed by atoms with Gasteiger partial charge in [-0.3, -0.25) is 4.90 Å². The van der Waals surface area contributed by atoms with Gasteiger partial charge in [0.15, 0.2) is 0 Å². The highest BCUT2D eigenvalue weighted by Crippen LogP contribution is 2.48. The lowest BCUT2D eigenvalue weighted by atomic mass is 9.88. The van der Waals surface area contributed by atoms with Crippen molar-refractivity contribution in [2.24, 2.45) is 0 Å². The average Bonchev–Trinajstić information content (AvgIpc) is 3.84. The van der Waals surface area contributed by atoms with E-state index in [1.165, 1.54) is 11.1 Å². The minimum absolute atomic E-state index is 0.278. The smallest absolute Gasteiger partial charge is 0.319 e. The topological polar surface area (TPSA) is 86.9 Å². The first-order chi connectivity index (χ1) is 21.5. The molecule has 5 aliphatic rings. The number of alkyl halides is 1. The first kappa shape index (κ1) is 26.9. The number of aromatic hydroxyl groups is 1.